The lowest BCUT2D eigenvalue weighted by atomic mass is 10.1. The molecule has 1 saturated carbocycles. The number of nitrogen functional groups attached to an aromatic ring is 1. The summed E-state index contributed by atoms with van der Waals surface area (Å²) < 4.78 is 0. The van der Waals surface area contributed by atoms with Gasteiger partial charge in [-0.3, -0.25) is 4.98 Å². The number of pyridine rings is 1. The predicted octanol–water partition coefficient (Wildman–Crippen LogP) is 3.28. The molecule has 2 N–H and O–H groups in total. The third-order valence-corrected chi connectivity index (χ3v) is 4.01. The molecule has 0 aromatic carbocycles. The van der Waals surface area contributed by atoms with Crippen molar-refractivity contribution in [3.8, 4) is 0 Å². The average Bonchev–Trinajstić information content (AvgIpc) is 3.20. The highest BCUT2D eigenvalue weighted by Crippen LogP contribution is 2.40. The minimum atomic E-state index is 0.370. The minimum absolute atomic E-state index is 0.370. The standard InChI is InChI=1S/C13H13ClN4S/c14-11-6-12(15)18-13(17-11)19-7-10-5-9(3-4-16-10)8-1-2-8/h3-6,8H,1-2,7H2,(H2,15,17,18). The summed E-state index contributed by atoms with van der Waals surface area (Å²) >= 11 is 7.34. The first-order valence-electron chi connectivity index (χ1n) is 6.08. The normalized spacial score (nSPS) is 14.6. The van der Waals surface area contributed by atoms with Gasteiger partial charge in [0, 0.05) is 18.0 Å². The molecule has 0 unspecified atom stereocenters. The summed E-state index contributed by atoms with van der Waals surface area (Å²) in [6, 6.07) is 5.80. The second kappa shape index (κ2) is 5.35. The molecule has 3 rings (SSSR count). The molecule has 2 aromatic rings. The number of nitrogens with zero attached hydrogens (tertiary/aromatic N) is 3. The summed E-state index contributed by atoms with van der Waals surface area (Å²) in [5.74, 6) is 1.85. The average molecular weight is 293 g/mol. The van der Waals surface area contributed by atoms with Crippen molar-refractivity contribution >= 4 is 29.2 Å². The van der Waals surface area contributed by atoms with Crippen LogP contribution in [0.1, 0.15) is 30.0 Å². The van der Waals surface area contributed by atoms with E-state index < -0.39 is 0 Å². The fraction of sp³-hybridized carbons (Fsp3) is 0.308. The van der Waals surface area contributed by atoms with Crippen LogP contribution in [-0.4, -0.2) is 15.0 Å². The molecule has 4 nitrogen and oxygen atoms in total. The zero-order valence-corrected chi connectivity index (χ0v) is 11.8. The van der Waals surface area contributed by atoms with Crippen molar-refractivity contribution in [1.29, 1.82) is 0 Å². The van der Waals surface area contributed by atoms with Crippen LogP contribution in [0.25, 0.3) is 0 Å². The van der Waals surface area contributed by atoms with E-state index in [-0.39, 0.29) is 0 Å². The van der Waals surface area contributed by atoms with Crippen LogP contribution >= 0.6 is 23.4 Å². The molecule has 1 aliphatic carbocycles. The van der Waals surface area contributed by atoms with Gasteiger partial charge >= 0.3 is 0 Å². The van der Waals surface area contributed by atoms with Crippen molar-refractivity contribution in [2.45, 2.75) is 29.7 Å². The summed E-state index contributed by atoms with van der Waals surface area (Å²) in [6.45, 7) is 0. The van der Waals surface area contributed by atoms with E-state index in [9.17, 15) is 0 Å². The van der Waals surface area contributed by atoms with Crippen molar-refractivity contribution in [3.63, 3.8) is 0 Å². The van der Waals surface area contributed by atoms with Gasteiger partial charge in [0.25, 0.3) is 0 Å². The maximum absolute atomic E-state index is 5.85. The van der Waals surface area contributed by atoms with E-state index in [2.05, 4.69) is 27.1 Å². The lowest BCUT2D eigenvalue weighted by Gasteiger charge is -2.04. The molecule has 98 valence electrons. The maximum Gasteiger partial charge on any atom is 0.191 e. The molecule has 0 radical (unpaired) electrons. The Kier molecular flexibility index (Phi) is 3.57. The Bertz CT molecular complexity index is 581. The van der Waals surface area contributed by atoms with Crippen LogP contribution in [0.2, 0.25) is 5.15 Å². The summed E-state index contributed by atoms with van der Waals surface area (Å²) in [4.78, 5) is 12.6. The smallest absolute Gasteiger partial charge is 0.191 e. The molecule has 2 heterocycles. The fourth-order valence-corrected chi connectivity index (χ4v) is 2.87. The summed E-state index contributed by atoms with van der Waals surface area (Å²) in [5.41, 5.74) is 8.06. The number of halogens is 1. The Balaban J connectivity index is 1.69. The molecule has 2 aromatic heterocycles. The van der Waals surface area contributed by atoms with Gasteiger partial charge < -0.3 is 5.73 Å². The number of rotatable bonds is 4. The zero-order valence-electron chi connectivity index (χ0n) is 10.2. The van der Waals surface area contributed by atoms with Crippen molar-refractivity contribution in [1.82, 2.24) is 15.0 Å². The van der Waals surface area contributed by atoms with Gasteiger partial charge in [-0.2, -0.15) is 0 Å². The maximum atomic E-state index is 5.85. The van der Waals surface area contributed by atoms with E-state index in [0.29, 0.717) is 16.1 Å². The van der Waals surface area contributed by atoms with Crippen molar-refractivity contribution in [2.24, 2.45) is 0 Å². The van der Waals surface area contributed by atoms with Crippen molar-refractivity contribution in [2.75, 3.05) is 5.73 Å². The van der Waals surface area contributed by atoms with Crippen LogP contribution in [-0.2, 0) is 5.75 Å². The first kappa shape index (κ1) is 12.7. The quantitative estimate of drug-likeness (QED) is 0.532. The Morgan fingerprint density at radius 1 is 1.32 bits per heavy atom. The summed E-state index contributed by atoms with van der Waals surface area (Å²) in [6.07, 6.45) is 4.46. The Morgan fingerprint density at radius 2 is 2.16 bits per heavy atom. The first-order valence-corrected chi connectivity index (χ1v) is 7.45. The topological polar surface area (TPSA) is 64.7 Å². The zero-order chi connectivity index (χ0) is 13.2. The lowest BCUT2D eigenvalue weighted by Crippen LogP contribution is -1.96. The van der Waals surface area contributed by atoms with Crippen LogP contribution < -0.4 is 5.73 Å². The highest BCUT2D eigenvalue weighted by Gasteiger charge is 2.23. The van der Waals surface area contributed by atoms with Crippen molar-refractivity contribution < 1.29 is 0 Å². The monoisotopic (exact) mass is 292 g/mol. The van der Waals surface area contributed by atoms with Gasteiger partial charge in [-0.25, -0.2) is 9.97 Å². The molecule has 6 heteroatoms. The van der Waals surface area contributed by atoms with E-state index in [1.807, 2.05) is 6.20 Å². The number of aromatic nitrogens is 3. The summed E-state index contributed by atoms with van der Waals surface area (Å²) in [7, 11) is 0. The summed E-state index contributed by atoms with van der Waals surface area (Å²) in [5, 5.41) is 0.957. The number of anilines is 1. The molecule has 0 saturated heterocycles. The molecule has 0 amide bonds. The van der Waals surface area contributed by atoms with E-state index in [1.165, 1.54) is 36.2 Å². The van der Waals surface area contributed by atoms with Crippen LogP contribution in [0, 0.1) is 0 Å². The van der Waals surface area contributed by atoms with Gasteiger partial charge in [0.15, 0.2) is 5.16 Å². The van der Waals surface area contributed by atoms with E-state index in [4.69, 9.17) is 17.3 Å². The Morgan fingerprint density at radius 3 is 2.89 bits per heavy atom. The Labute approximate surface area is 120 Å². The van der Waals surface area contributed by atoms with Gasteiger partial charge in [0.05, 0.1) is 5.69 Å². The second-order valence-corrected chi connectivity index (χ2v) is 5.87. The van der Waals surface area contributed by atoms with Gasteiger partial charge in [-0.1, -0.05) is 23.4 Å². The van der Waals surface area contributed by atoms with Gasteiger partial charge in [0.2, 0.25) is 0 Å². The highest BCUT2D eigenvalue weighted by atomic mass is 35.5. The van der Waals surface area contributed by atoms with Crippen LogP contribution in [0.15, 0.2) is 29.6 Å². The first-order chi connectivity index (χ1) is 9.20. The molecule has 0 atom stereocenters. The molecule has 0 bridgehead atoms. The third kappa shape index (κ3) is 3.36. The molecule has 0 aliphatic heterocycles. The SMILES string of the molecule is Nc1cc(Cl)nc(SCc2cc(C3CC3)ccn2)n1. The van der Waals surface area contributed by atoms with Gasteiger partial charge in [0.1, 0.15) is 11.0 Å². The van der Waals surface area contributed by atoms with Crippen molar-refractivity contribution in [3.05, 3.63) is 40.8 Å². The largest absolute Gasteiger partial charge is 0.384 e. The third-order valence-electron chi connectivity index (χ3n) is 2.93. The van der Waals surface area contributed by atoms with E-state index in [0.717, 1.165) is 17.4 Å². The number of hydrogen-bond donors (Lipinski definition) is 1. The second-order valence-electron chi connectivity index (χ2n) is 4.54. The fourth-order valence-electron chi connectivity index (χ4n) is 1.86. The lowest BCUT2D eigenvalue weighted by molar-refractivity contribution is 0.972. The number of thioether (sulfide) groups is 1. The van der Waals surface area contributed by atoms with Crippen LogP contribution in [0.5, 0.6) is 0 Å². The molecule has 1 fully saturated rings. The molecular weight excluding hydrogens is 280 g/mol. The molecule has 0 spiro atoms. The minimum Gasteiger partial charge on any atom is -0.384 e. The molecule has 19 heavy (non-hydrogen) atoms. The number of hydrogen-bond acceptors (Lipinski definition) is 5. The molecular formula is C13H13ClN4S. The van der Waals surface area contributed by atoms with Crippen LogP contribution in [0.3, 0.4) is 0 Å². The number of nitrogens with two attached hydrogens (primary N) is 1. The van der Waals surface area contributed by atoms with Crippen LogP contribution in [0.4, 0.5) is 5.82 Å². The van der Waals surface area contributed by atoms with E-state index in [1.54, 1.807) is 0 Å². The van der Waals surface area contributed by atoms with E-state index >= 15 is 0 Å². The molecule has 1 aliphatic rings. The van der Waals surface area contributed by atoms with Gasteiger partial charge in [-0.15, -0.1) is 0 Å². The Hall–Kier alpha value is -1.33. The highest BCUT2D eigenvalue weighted by molar-refractivity contribution is 7.98. The predicted molar refractivity (Wildman–Crippen MR) is 77.2 cm³/mol. The van der Waals surface area contributed by atoms with Gasteiger partial charge in [-0.05, 0) is 36.5 Å².